The van der Waals surface area contributed by atoms with Gasteiger partial charge in [0.2, 0.25) is 17.7 Å². The fourth-order valence-electron chi connectivity index (χ4n) is 5.33. The molecule has 0 bridgehead atoms. The van der Waals surface area contributed by atoms with Crippen LogP contribution in [0, 0.1) is 5.92 Å². The molecular weight excluding hydrogens is 597 g/mol. The lowest BCUT2D eigenvalue weighted by molar-refractivity contribution is -0.137. The van der Waals surface area contributed by atoms with Crippen molar-refractivity contribution in [3.05, 3.63) is 60.2 Å². The number of benzene rings is 2. The molecule has 2 aromatic carbocycles. The minimum atomic E-state index is -0.692. The summed E-state index contributed by atoms with van der Waals surface area (Å²) >= 11 is 3.22. The maximum Gasteiger partial charge on any atom is 0.243 e. The summed E-state index contributed by atoms with van der Waals surface area (Å²) in [7, 11) is 0. The zero-order valence-corrected chi connectivity index (χ0v) is 27.3. The van der Waals surface area contributed by atoms with Crippen LogP contribution in [0.3, 0.4) is 0 Å². The lowest BCUT2D eigenvalue weighted by Gasteiger charge is -2.29. The van der Waals surface area contributed by atoms with Gasteiger partial charge in [-0.25, -0.2) is 0 Å². The second-order valence-corrected chi connectivity index (χ2v) is 13.2. The summed E-state index contributed by atoms with van der Waals surface area (Å²) < 4.78 is 11.3. The second kappa shape index (κ2) is 18.9. The monoisotopic (exact) mass is 642 g/mol. The van der Waals surface area contributed by atoms with Gasteiger partial charge in [-0.05, 0) is 60.6 Å². The normalized spacial score (nSPS) is 16.6. The molecule has 0 unspecified atom stereocenters. The van der Waals surface area contributed by atoms with Crippen molar-refractivity contribution < 1.29 is 23.9 Å². The number of nitrogens with one attached hydrogen (secondary N) is 2. The molecule has 9 nitrogen and oxygen atoms in total. The van der Waals surface area contributed by atoms with Gasteiger partial charge in [0.15, 0.2) is 0 Å². The summed E-state index contributed by atoms with van der Waals surface area (Å²) in [6.45, 7) is 3.13. The van der Waals surface area contributed by atoms with Gasteiger partial charge < -0.3 is 25.0 Å². The van der Waals surface area contributed by atoms with E-state index in [9.17, 15) is 14.4 Å². The van der Waals surface area contributed by atoms with Gasteiger partial charge in [0, 0.05) is 25.4 Å². The first-order chi connectivity index (χ1) is 21.5. The van der Waals surface area contributed by atoms with Crippen molar-refractivity contribution in [3.8, 4) is 11.5 Å². The highest BCUT2D eigenvalue weighted by Crippen LogP contribution is 2.27. The van der Waals surface area contributed by atoms with Crippen molar-refractivity contribution in [2.75, 3.05) is 63.0 Å². The van der Waals surface area contributed by atoms with Gasteiger partial charge >= 0.3 is 0 Å². The molecule has 1 aliphatic heterocycles. The lowest BCUT2D eigenvalue weighted by atomic mass is 9.91. The Bertz CT molecular complexity index is 1160. The molecule has 1 atom stereocenters. The predicted octanol–water partition coefficient (Wildman–Crippen LogP) is 4.37. The van der Waals surface area contributed by atoms with Gasteiger partial charge in [0.25, 0.3) is 0 Å². The molecule has 11 heteroatoms. The fourth-order valence-corrected chi connectivity index (χ4v) is 7.15. The minimum absolute atomic E-state index is 0.0794. The summed E-state index contributed by atoms with van der Waals surface area (Å²) in [6.07, 6.45) is 8.21. The van der Waals surface area contributed by atoms with E-state index in [0.717, 1.165) is 17.1 Å². The molecule has 1 saturated carbocycles. The number of rotatable bonds is 16. The molecule has 2 aliphatic rings. The molecule has 2 N–H and O–H groups in total. The minimum Gasteiger partial charge on any atom is -0.457 e. The summed E-state index contributed by atoms with van der Waals surface area (Å²) in [6, 6.07) is 16.5. The Labute approximate surface area is 270 Å². The third-order valence-electron chi connectivity index (χ3n) is 7.82. The number of hydrogen-bond acceptors (Lipinski definition) is 8. The van der Waals surface area contributed by atoms with Crippen molar-refractivity contribution in [2.24, 2.45) is 5.92 Å². The Morgan fingerprint density at radius 2 is 1.70 bits per heavy atom. The number of carbonyl (C=O) groups excluding carboxylic acids is 3. The Balaban J connectivity index is 1.31. The van der Waals surface area contributed by atoms with Crippen molar-refractivity contribution in [3.63, 3.8) is 0 Å². The van der Waals surface area contributed by atoms with E-state index < -0.39 is 6.04 Å². The highest BCUT2D eigenvalue weighted by molar-refractivity contribution is 7.99. The van der Waals surface area contributed by atoms with E-state index >= 15 is 0 Å². The van der Waals surface area contributed by atoms with E-state index in [1.807, 2.05) is 60.9 Å². The summed E-state index contributed by atoms with van der Waals surface area (Å²) in [5.74, 6) is 3.38. The topological polar surface area (TPSA) is 100 Å². The van der Waals surface area contributed by atoms with Crippen molar-refractivity contribution in [1.82, 2.24) is 20.4 Å². The fraction of sp³-hybridized carbons (Fsp3) is 0.545. The number of morpholine rings is 1. The van der Waals surface area contributed by atoms with Gasteiger partial charge in [0.05, 0.1) is 25.6 Å². The summed E-state index contributed by atoms with van der Waals surface area (Å²) in [5, 5.41) is 5.95. The van der Waals surface area contributed by atoms with Gasteiger partial charge in [-0.2, -0.15) is 11.8 Å². The lowest BCUT2D eigenvalue weighted by Crippen LogP contribution is -2.52. The maximum atomic E-state index is 13.4. The molecule has 2 aromatic rings. The maximum absolute atomic E-state index is 13.4. The van der Waals surface area contributed by atoms with Crippen LogP contribution in [0.4, 0.5) is 0 Å². The van der Waals surface area contributed by atoms with E-state index in [2.05, 4.69) is 15.5 Å². The van der Waals surface area contributed by atoms with Crippen LogP contribution in [0.25, 0.3) is 0 Å². The first kappa shape index (κ1) is 34.1. The van der Waals surface area contributed by atoms with E-state index in [1.165, 1.54) is 43.9 Å². The predicted molar refractivity (Wildman–Crippen MR) is 178 cm³/mol. The van der Waals surface area contributed by atoms with Crippen LogP contribution >= 0.6 is 23.5 Å². The van der Waals surface area contributed by atoms with E-state index in [1.54, 1.807) is 16.7 Å². The molecule has 0 spiro atoms. The number of hydrogen-bond donors (Lipinski definition) is 2. The van der Waals surface area contributed by atoms with Crippen LogP contribution in [0.15, 0.2) is 54.6 Å². The largest absolute Gasteiger partial charge is 0.457 e. The molecule has 2 fully saturated rings. The van der Waals surface area contributed by atoms with Crippen molar-refractivity contribution >= 4 is 41.2 Å². The molecule has 1 aliphatic carbocycles. The van der Waals surface area contributed by atoms with Gasteiger partial charge in [-0.3, -0.25) is 19.3 Å². The molecule has 1 saturated heterocycles. The van der Waals surface area contributed by atoms with Crippen LogP contribution in [0.1, 0.15) is 37.7 Å². The molecule has 3 amide bonds. The number of para-hydroxylation sites is 1. The Hall–Kier alpha value is -2.73. The number of amides is 3. The second-order valence-electron chi connectivity index (χ2n) is 11.3. The van der Waals surface area contributed by atoms with E-state index in [0.29, 0.717) is 56.1 Å². The van der Waals surface area contributed by atoms with Crippen molar-refractivity contribution in [1.29, 1.82) is 0 Å². The zero-order valence-electron chi connectivity index (χ0n) is 25.7. The van der Waals surface area contributed by atoms with Crippen LogP contribution in [0.5, 0.6) is 11.5 Å². The first-order valence-electron chi connectivity index (χ1n) is 15.5. The smallest absolute Gasteiger partial charge is 0.243 e. The molecule has 4 rings (SSSR count). The number of carbonyl (C=O) groups is 3. The third-order valence-corrected chi connectivity index (χ3v) is 9.66. The Morgan fingerprint density at radius 3 is 2.41 bits per heavy atom. The van der Waals surface area contributed by atoms with Crippen LogP contribution in [-0.2, 0) is 25.7 Å². The summed E-state index contributed by atoms with van der Waals surface area (Å²) in [5.41, 5.74) is 0.929. The highest BCUT2D eigenvalue weighted by Gasteiger charge is 2.25. The Kier molecular flexibility index (Phi) is 14.7. The highest BCUT2D eigenvalue weighted by atomic mass is 32.2. The summed E-state index contributed by atoms with van der Waals surface area (Å²) in [4.78, 5) is 43.3. The van der Waals surface area contributed by atoms with Crippen molar-refractivity contribution in [2.45, 2.75) is 44.7 Å². The number of thioether (sulfide) groups is 2. The number of nitrogens with zero attached hydrogens (tertiary/aromatic N) is 2. The Morgan fingerprint density at radius 1 is 1.00 bits per heavy atom. The molecule has 44 heavy (non-hydrogen) atoms. The molecule has 0 radical (unpaired) electrons. The quantitative estimate of drug-likeness (QED) is 0.261. The first-order valence-corrected chi connectivity index (χ1v) is 18.1. The molecular formula is C33H46N4O5S2. The van der Waals surface area contributed by atoms with Crippen LogP contribution in [-0.4, -0.2) is 96.6 Å². The molecule has 0 aromatic heterocycles. The number of ether oxygens (including phenoxy) is 2. The van der Waals surface area contributed by atoms with E-state index in [4.69, 9.17) is 9.47 Å². The van der Waals surface area contributed by atoms with E-state index in [-0.39, 0.29) is 30.8 Å². The molecule has 240 valence electrons. The average Bonchev–Trinajstić information content (AvgIpc) is 3.05. The zero-order chi connectivity index (χ0) is 31.0. The van der Waals surface area contributed by atoms with Gasteiger partial charge in [-0.1, -0.05) is 49.6 Å². The van der Waals surface area contributed by atoms with Crippen LogP contribution < -0.4 is 15.4 Å². The van der Waals surface area contributed by atoms with Crippen LogP contribution in [0.2, 0.25) is 0 Å². The standard InChI is InChI=1S/C33H46N4O5S2/c1-43-25-37(32(39)22-36-16-18-41-19-17-36)21-31(38)35-30(24-44-23-27-8-4-2-5-9-27)33(40)34-20-26-12-14-29(15-13-26)42-28-10-6-3-7-11-28/h3,6-7,10-15,27,30H,2,4-5,8-9,16-25H2,1H3,(H,34,40)(H,35,38)/t30-/m0/s1. The van der Waals surface area contributed by atoms with Gasteiger partial charge in [0.1, 0.15) is 24.1 Å². The molecule has 1 heterocycles. The SMILES string of the molecule is CSCN(CC(=O)N[C@@H](CSCC1CCCCC1)C(=O)NCc1ccc(Oc2ccccc2)cc1)C(=O)CN1CCOCC1. The third kappa shape index (κ3) is 12.0. The average molecular weight is 643 g/mol. The van der Waals surface area contributed by atoms with Gasteiger partial charge in [-0.15, -0.1) is 11.8 Å².